The monoisotopic (exact) mass is 436 g/mol. The Morgan fingerprint density at radius 3 is 2.48 bits per heavy atom. The number of rotatable bonds is 6. The molecule has 158 valence electrons. The first-order valence-corrected chi connectivity index (χ1v) is 10.2. The van der Waals surface area contributed by atoms with Gasteiger partial charge in [0.15, 0.2) is 12.7 Å². The average molecular weight is 437 g/mol. The molecule has 31 heavy (non-hydrogen) atoms. The molecule has 7 heteroatoms. The molecule has 0 aromatic heterocycles. The molecule has 3 aromatic rings. The third kappa shape index (κ3) is 5.16. The Hall–Kier alpha value is -3.51. The summed E-state index contributed by atoms with van der Waals surface area (Å²) < 4.78 is 11.5. The number of para-hydroxylation sites is 2. The zero-order valence-electron chi connectivity index (χ0n) is 16.7. The first-order chi connectivity index (χ1) is 15.1. The van der Waals surface area contributed by atoms with Gasteiger partial charge in [0.2, 0.25) is 0 Å². The fraction of sp³-hybridized carbons (Fsp3) is 0.167. The van der Waals surface area contributed by atoms with Crippen LogP contribution in [0.2, 0.25) is 5.02 Å². The quantitative estimate of drug-likeness (QED) is 0.637. The SMILES string of the molecule is O=C(NCc1ccccc1)[C@@H]1CN(C(=O)COc2ccc(Cl)cc2)c2ccccc2O1. The first kappa shape index (κ1) is 20.8. The lowest BCUT2D eigenvalue weighted by Gasteiger charge is -2.34. The van der Waals surface area contributed by atoms with E-state index in [1.807, 2.05) is 36.4 Å². The normalized spacial score (nSPS) is 14.9. The van der Waals surface area contributed by atoms with Crippen molar-refractivity contribution in [3.8, 4) is 11.5 Å². The second-order valence-corrected chi connectivity index (χ2v) is 7.46. The van der Waals surface area contributed by atoms with E-state index < -0.39 is 6.10 Å². The molecule has 1 heterocycles. The zero-order chi connectivity index (χ0) is 21.6. The van der Waals surface area contributed by atoms with E-state index in [4.69, 9.17) is 21.1 Å². The molecule has 0 spiro atoms. The summed E-state index contributed by atoms with van der Waals surface area (Å²) >= 11 is 5.88. The number of nitrogens with zero attached hydrogens (tertiary/aromatic N) is 1. The van der Waals surface area contributed by atoms with Crippen molar-refractivity contribution in [3.05, 3.63) is 89.4 Å². The number of amides is 2. The van der Waals surface area contributed by atoms with Crippen LogP contribution in [-0.2, 0) is 16.1 Å². The second kappa shape index (κ2) is 9.53. The first-order valence-electron chi connectivity index (χ1n) is 9.86. The molecule has 0 saturated carbocycles. The minimum absolute atomic E-state index is 0.0977. The Bertz CT molecular complexity index is 1060. The highest BCUT2D eigenvalue weighted by Crippen LogP contribution is 2.33. The van der Waals surface area contributed by atoms with E-state index in [1.165, 1.54) is 4.90 Å². The topological polar surface area (TPSA) is 67.9 Å². The molecular weight excluding hydrogens is 416 g/mol. The number of anilines is 1. The third-order valence-corrected chi connectivity index (χ3v) is 5.10. The van der Waals surface area contributed by atoms with E-state index in [9.17, 15) is 9.59 Å². The summed E-state index contributed by atoms with van der Waals surface area (Å²) in [5, 5.41) is 3.46. The summed E-state index contributed by atoms with van der Waals surface area (Å²) in [5.74, 6) is 0.464. The molecule has 0 radical (unpaired) electrons. The van der Waals surface area contributed by atoms with Gasteiger partial charge in [-0.05, 0) is 42.0 Å². The third-order valence-electron chi connectivity index (χ3n) is 4.85. The predicted octanol–water partition coefficient (Wildman–Crippen LogP) is 3.83. The van der Waals surface area contributed by atoms with Gasteiger partial charge in [-0.1, -0.05) is 54.1 Å². The second-order valence-electron chi connectivity index (χ2n) is 7.02. The lowest BCUT2D eigenvalue weighted by molar-refractivity contribution is -0.128. The number of hydrogen-bond donors (Lipinski definition) is 1. The molecule has 1 aliphatic rings. The van der Waals surface area contributed by atoms with Gasteiger partial charge in [0.25, 0.3) is 11.8 Å². The molecule has 6 nitrogen and oxygen atoms in total. The van der Waals surface area contributed by atoms with Gasteiger partial charge in [0.1, 0.15) is 11.5 Å². The Morgan fingerprint density at radius 2 is 1.71 bits per heavy atom. The summed E-state index contributed by atoms with van der Waals surface area (Å²) in [7, 11) is 0. The molecule has 0 aliphatic carbocycles. The largest absolute Gasteiger partial charge is 0.484 e. The van der Waals surface area contributed by atoms with Crippen LogP contribution in [0.4, 0.5) is 5.69 Å². The van der Waals surface area contributed by atoms with Crippen molar-refractivity contribution in [2.24, 2.45) is 0 Å². The fourth-order valence-corrected chi connectivity index (χ4v) is 3.39. The maximum absolute atomic E-state index is 12.9. The van der Waals surface area contributed by atoms with Gasteiger partial charge in [-0.2, -0.15) is 0 Å². The van der Waals surface area contributed by atoms with Crippen molar-refractivity contribution in [3.63, 3.8) is 0 Å². The molecule has 1 atom stereocenters. The number of benzene rings is 3. The van der Waals surface area contributed by atoms with E-state index in [2.05, 4.69) is 5.32 Å². The highest BCUT2D eigenvalue weighted by Gasteiger charge is 2.33. The van der Waals surface area contributed by atoms with Crippen LogP contribution >= 0.6 is 11.6 Å². The zero-order valence-corrected chi connectivity index (χ0v) is 17.4. The number of ether oxygens (including phenoxy) is 2. The molecule has 0 saturated heterocycles. The smallest absolute Gasteiger partial charge is 0.265 e. The highest BCUT2D eigenvalue weighted by atomic mass is 35.5. The van der Waals surface area contributed by atoms with Gasteiger partial charge in [-0.25, -0.2) is 0 Å². The molecule has 0 fully saturated rings. The van der Waals surface area contributed by atoms with Crippen LogP contribution in [0.25, 0.3) is 0 Å². The van der Waals surface area contributed by atoms with Gasteiger partial charge >= 0.3 is 0 Å². The minimum atomic E-state index is -0.821. The highest BCUT2D eigenvalue weighted by molar-refractivity contribution is 6.30. The molecule has 0 unspecified atom stereocenters. The summed E-state index contributed by atoms with van der Waals surface area (Å²) in [6, 6.07) is 23.5. The van der Waals surface area contributed by atoms with Gasteiger partial charge in [-0.15, -0.1) is 0 Å². The van der Waals surface area contributed by atoms with E-state index in [0.29, 0.717) is 28.8 Å². The maximum atomic E-state index is 12.9. The lowest BCUT2D eigenvalue weighted by atomic mass is 10.1. The van der Waals surface area contributed by atoms with Crippen molar-refractivity contribution in [1.82, 2.24) is 5.32 Å². The van der Waals surface area contributed by atoms with Crippen molar-refractivity contribution in [1.29, 1.82) is 0 Å². The van der Waals surface area contributed by atoms with Crippen LogP contribution in [-0.4, -0.2) is 31.1 Å². The van der Waals surface area contributed by atoms with E-state index in [0.717, 1.165) is 5.56 Å². The molecule has 4 rings (SSSR count). The van der Waals surface area contributed by atoms with Crippen LogP contribution in [0, 0.1) is 0 Å². The van der Waals surface area contributed by atoms with E-state index in [-0.39, 0.29) is 25.0 Å². The molecule has 3 aromatic carbocycles. The molecule has 0 bridgehead atoms. The summed E-state index contributed by atoms with van der Waals surface area (Å²) in [4.78, 5) is 27.2. The molecule has 1 aliphatic heterocycles. The van der Waals surface area contributed by atoms with Crippen molar-refractivity contribution < 1.29 is 19.1 Å². The number of halogens is 1. The number of carbonyl (C=O) groups excluding carboxylic acids is 2. The Labute approximate surface area is 185 Å². The molecule has 2 amide bonds. The molecular formula is C24H21ClN2O4. The fourth-order valence-electron chi connectivity index (χ4n) is 3.26. The summed E-state index contributed by atoms with van der Waals surface area (Å²) in [5.41, 5.74) is 1.59. The van der Waals surface area contributed by atoms with E-state index >= 15 is 0 Å². The summed E-state index contributed by atoms with van der Waals surface area (Å²) in [6.07, 6.45) is -0.821. The van der Waals surface area contributed by atoms with Gasteiger partial charge in [0.05, 0.1) is 12.2 Å². The average Bonchev–Trinajstić information content (AvgIpc) is 2.82. The Balaban J connectivity index is 1.44. The van der Waals surface area contributed by atoms with Crippen LogP contribution in [0.1, 0.15) is 5.56 Å². The van der Waals surface area contributed by atoms with Crippen LogP contribution in [0.3, 0.4) is 0 Å². The summed E-state index contributed by atoms with van der Waals surface area (Å²) in [6.45, 7) is 0.309. The minimum Gasteiger partial charge on any atom is -0.484 e. The number of fused-ring (bicyclic) bond motifs is 1. The van der Waals surface area contributed by atoms with E-state index in [1.54, 1.807) is 42.5 Å². The molecule has 1 N–H and O–H groups in total. The van der Waals surface area contributed by atoms with Crippen LogP contribution in [0.15, 0.2) is 78.9 Å². The Morgan fingerprint density at radius 1 is 1.00 bits per heavy atom. The number of nitrogens with one attached hydrogen (secondary N) is 1. The van der Waals surface area contributed by atoms with Crippen LogP contribution in [0.5, 0.6) is 11.5 Å². The van der Waals surface area contributed by atoms with Gasteiger partial charge < -0.3 is 19.7 Å². The van der Waals surface area contributed by atoms with Crippen molar-refractivity contribution >= 4 is 29.1 Å². The number of hydrogen-bond acceptors (Lipinski definition) is 4. The van der Waals surface area contributed by atoms with Crippen LogP contribution < -0.4 is 19.7 Å². The van der Waals surface area contributed by atoms with Crippen molar-refractivity contribution in [2.45, 2.75) is 12.6 Å². The maximum Gasteiger partial charge on any atom is 0.265 e. The predicted molar refractivity (Wildman–Crippen MR) is 118 cm³/mol. The standard InChI is InChI=1S/C24H21ClN2O4/c25-18-10-12-19(13-11-18)30-16-23(28)27-15-22(31-21-9-5-4-8-20(21)27)24(29)26-14-17-6-2-1-3-7-17/h1-13,22H,14-16H2,(H,26,29)/t22-/m0/s1. The number of carbonyl (C=O) groups is 2. The van der Waals surface area contributed by atoms with Crippen molar-refractivity contribution in [2.75, 3.05) is 18.1 Å². The van der Waals surface area contributed by atoms with Gasteiger partial charge in [0, 0.05) is 11.6 Å². The Kier molecular flexibility index (Phi) is 6.38. The van der Waals surface area contributed by atoms with Gasteiger partial charge in [-0.3, -0.25) is 9.59 Å². The lowest BCUT2D eigenvalue weighted by Crippen LogP contribution is -2.51.